The number of likely N-dealkylation sites (tertiary alicyclic amines) is 2. The lowest BCUT2D eigenvalue weighted by Crippen LogP contribution is -2.44. The molecule has 0 bridgehead atoms. The van der Waals surface area contributed by atoms with Crippen molar-refractivity contribution < 1.29 is 9.59 Å². The summed E-state index contributed by atoms with van der Waals surface area (Å²) in [4.78, 5) is 26.2. The first-order valence-corrected chi connectivity index (χ1v) is 8.52. The maximum Gasteiger partial charge on any atom is 0.219 e. The molecule has 3 aliphatic rings. The summed E-state index contributed by atoms with van der Waals surface area (Å²) in [6.45, 7) is 7.46. The number of carbonyl (C=O) groups is 2. The molecule has 120 valence electrons. The summed E-state index contributed by atoms with van der Waals surface area (Å²) < 4.78 is 0. The number of nitrogens with zero attached hydrogens (tertiary/aromatic N) is 2. The van der Waals surface area contributed by atoms with Crippen molar-refractivity contribution in [3.05, 3.63) is 0 Å². The summed E-state index contributed by atoms with van der Waals surface area (Å²) in [5, 5.41) is 0. The van der Waals surface area contributed by atoms with E-state index in [0.29, 0.717) is 11.6 Å². The molecule has 3 rings (SSSR count). The molecule has 0 aromatic carbocycles. The van der Waals surface area contributed by atoms with Crippen molar-refractivity contribution in [2.75, 3.05) is 13.1 Å². The predicted molar refractivity (Wildman–Crippen MR) is 83.9 cm³/mol. The Labute approximate surface area is 128 Å². The molecule has 1 saturated carbocycles. The molecule has 3 fully saturated rings. The highest BCUT2D eigenvalue weighted by atomic mass is 16.2. The summed E-state index contributed by atoms with van der Waals surface area (Å²) in [5.74, 6) is 0.509. The highest BCUT2D eigenvalue weighted by Crippen LogP contribution is 2.48. The van der Waals surface area contributed by atoms with E-state index in [1.54, 1.807) is 13.8 Å². The van der Waals surface area contributed by atoms with E-state index < -0.39 is 0 Å². The van der Waals surface area contributed by atoms with Crippen LogP contribution in [0.2, 0.25) is 0 Å². The lowest BCUT2D eigenvalue weighted by molar-refractivity contribution is -0.133. The van der Waals surface area contributed by atoms with Gasteiger partial charge in [0.05, 0.1) is 0 Å². The van der Waals surface area contributed by atoms with Gasteiger partial charge < -0.3 is 9.80 Å². The lowest BCUT2D eigenvalue weighted by Gasteiger charge is -2.35. The average Bonchev–Trinajstić information content (AvgIpc) is 3.20. The second-order valence-electron chi connectivity index (χ2n) is 6.91. The molecule has 0 N–H and O–H groups in total. The Kier molecular flexibility index (Phi) is 5.28. The highest BCUT2D eigenvalue weighted by molar-refractivity contribution is 5.75. The number of carbonyl (C=O) groups excluding carboxylic acids is 2. The first kappa shape index (κ1) is 16.3. The fourth-order valence-electron chi connectivity index (χ4n) is 3.82. The molecule has 0 radical (unpaired) electrons. The van der Waals surface area contributed by atoms with E-state index in [1.807, 2.05) is 4.90 Å². The van der Waals surface area contributed by atoms with Gasteiger partial charge in [0.2, 0.25) is 11.8 Å². The van der Waals surface area contributed by atoms with Crippen LogP contribution in [0.1, 0.15) is 72.1 Å². The minimum Gasteiger partial charge on any atom is -0.340 e. The van der Waals surface area contributed by atoms with Gasteiger partial charge in [-0.2, -0.15) is 0 Å². The highest BCUT2D eigenvalue weighted by Gasteiger charge is 2.49. The third kappa shape index (κ3) is 3.98. The van der Waals surface area contributed by atoms with Crippen LogP contribution in [0.4, 0.5) is 0 Å². The summed E-state index contributed by atoms with van der Waals surface area (Å²) in [6.07, 6.45) is 9.95. The second-order valence-corrected chi connectivity index (χ2v) is 6.91. The number of amides is 2. The normalized spacial score (nSPS) is 26.9. The summed E-state index contributed by atoms with van der Waals surface area (Å²) in [6, 6.07) is 0.478. The zero-order valence-corrected chi connectivity index (χ0v) is 13.9. The van der Waals surface area contributed by atoms with Gasteiger partial charge in [-0.05, 0) is 58.3 Å². The quantitative estimate of drug-likeness (QED) is 0.689. The van der Waals surface area contributed by atoms with Crippen LogP contribution < -0.4 is 0 Å². The molecular weight excluding hydrogens is 264 g/mol. The van der Waals surface area contributed by atoms with Gasteiger partial charge in [-0.25, -0.2) is 0 Å². The van der Waals surface area contributed by atoms with Crippen molar-refractivity contribution >= 4 is 11.8 Å². The minimum absolute atomic E-state index is 0.229. The molecule has 0 aromatic heterocycles. The first-order chi connectivity index (χ1) is 9.96. The van der Waals surface area contributed by atoms with E-state index in [9.17, 15) is 9.59 Å². The molecule has 4 nitrogen and oxygen atoms in total. The van der Waals surface area contributed by atoms with Gasteiger partial charge in [0, 0.05) is 38.5 Å². The maximum absolute atomic E-state index is 11.2. The van der Waals surface area contributed by atoms with Crippen LogP contribution in [0.25, 0.3) is 0 Å². The molecule has 2 saturated heterocycles. The lowest BCUT2D eigenvalue weighted by atomic mass is 10.0. The third-order valence-corrected chi connectivity index (χ3v) is 5.26. The fraction of sp³-hybridized carbons (Fsp3) is 0.882. The number of hydrogen-bond acceptors (Lipinski definition) is 2. The topological polar surface area (TPSA) is 40.6 Å². The molecule has 1 aliphatic carbocycles. The van der Waals surface area contributed by atoms with E-state index in [4.69, 9.17) is 0 Å². The van der Waals surface area contributed by atoms with Crippen molar-refractivity contribution in [1.29, 1.82) is 0 Å². The smallest absolute Gasteiger partial charge is 0.219 e. The summed E-state index contributed by atoms with van der Waals surface area (Å²) in [7, 11) is 0. The first-order valence-electron chi connectivity index (χ1n) is 8.52. The van der Waals surface area contributed by atoms with Crippen LogP contribution in [-0.4, -0.2) is 46.3 Å². The standard InChI is InChI=1S/C9H15NO.C8H15NO/c1-8(11)10-7-3-2-4-9(10)5-6-9;1-7-5-3-4-6-9(7)8(2)10/h2-7H2,1H3;7H,3-6H2,1-2H3. The van der Waals surface area contributed by atoms with E-state index in [2.05, 4.69) is 11.8 Å². The van der Waals surface area contributed by atoms with Gasteiger partial charge in [0.15, 0.2) is 0 Å². The second kappa shape index (κ2) is 6.80. The van der Waals surface area contributed by atoms with Crippen molar-refractivity contribution in [3.63, 3.8) is 0 Å². The molecular formula is C17H30N2O2. The predicted octanol–water partition coefficient (Wildman–Crippen LogP) is 2.96. The molecule has 0 aromatic rings. The largest absolute Gasteiger partial charge is 0.340 e. The summed E-state index contributed by atoms with van der Waals surface area (Å²) >= 11 is 0. The van der Waals surface area contributed by atoms with Crippen LogP contribution in [-0.2, 0) is 9.59 Å². The van der Waals surface area contributed by atoms with Gasteiger partial charge in [0.1, 0.15) is 0 Å². The molecule has 21 heavy (non-hydrogen) atoms. The van der Waals surface area contributed by atoms with E-state index in [0.717, 1.165) is 13.1 Å². The number of rotatable bonds is 0. The molecule has 1 spiro atoms. The van der Waals surface area contributed by atoms with Crippen LogP contribution in [0.3, 0.4) is 0 Å². The minimum atomic E-state index is 0.229. The Morgan fingerprint density at radius 1 is 0.905 bits per heavy atom. The molecule has 4 heteroatoms. The Morgan fingerprint density at radius 2 is 1.57 bits per heavy atom. The zero-order valence-electron chi connectivity index (χ0n) is 13.9. The Hall–Kier alpha value is -1.06. The molecule has 1 atom stereocenters. The van der Waals surface area contributed by atoms with Crippen molar-refractivity contribution in [3.8, 4) is 0 Å². The van der Waals surface area contributed by atoms with E-state index in [-0.39, 0.29) is 11.8 Å². The number of piperidine rings is 2. The SMILES string of the molecule is CC(=O)N1CCCCC12CC2.CC(=O)N1CCCCC1C. The van der Waals surface area contributed by atoms with Crippen LogP contribution in [0.15, 0.2) is 0 Å². The van der Waals surface area contributed by atoms with Gasteiger partial charge in [-0.15, -0.1) is 0 Å². The van der Waals surface area contributed by atoms with Gasteiger partial charge >= 0.3 is 0 Å². The monoisotopic (exact) mass is 294 g/mol. The Bertz CT molecular complexity index is 390. The molecule has 1 unspecified atom stereocenters. The Balaban J connectivity index is 0.000000155. The maximum atomic E-state index is 11.2. The molecule has 2 heterocycles. The van der Waals surface area contributed by atoms with E-state index >= 15 is 0 Å². The molecule has 2 amide bonds. The van der Waals surface area contributed by atoms with Crippen molar-refractivity contribution in [1.82, 2.24) is 9.80 Å². The number of hydrogen-bond donors (Lipinski definition) is 0. The summed E-state index contributed by atoms with van der Waals surface area (Å²) in [5.41, 5.74) is 0.351. The average molecular weight is 294 g/mol. The van der Waals surface area contributed by atoms with Crippen LogP contribution in [0, 0.1) is 0 Å². The van der Waals surface area contributed by atoms with Gasteiger partial charge in [0.25, 0.3) is 0 Å². The van der Waals surface area contributed by atoms with Crippen molar-refractivity contribution in [2.45, 2.75) is 83.7 Å². The zero-order chi connectivity index (χ0) is 15.5. The van der Waals surface area contributed by atoms with Crippen molar-refractivity contribution in [2.24, 2.45) is 0 Å². The van der Waals surface area contributed by atoms with Crippen LogP contribution in [0.5, 0.6) is 0 Å². The Morgan fingerprint density at radius 3 is 2.00 bits per heavy atom. The van der Waals surface area contributed by atoms with Gasteiger partial charge in [-0.1, -0.05) is 0 Å². The molecule has 2 aliphatic heterocycles. The third-order valence-electron chi connectivity index (χ3n) is 5.26. The van der Waals surface area contributed by atoms with E-state index in [1.165, 1.54) is 51.4 Å². The van der Waals surface area contributed by atoms with Gasteiger partial charge in [-0.3, -0.25) is 9.59 Å². The van der Waals surface area contributed by atoms with Crippen LogP contribution >= 0.6 is 0 Å². The fourth-order valence-corrected chi connectivity index (χ4v) is 3.82.